The topological polar surface area (TPSA) is 89.1 Å². The number of hydrogen-bond donors (Lipinski definition) is 2. The zero-order valence-electron chi connectivity index (χ0n) is 20.9. The Balaban J connectivity index is 1.41. The predicted octanol–water partition coefficient (Wildman–Crippen LogP) is 4.20. The molecule has 2 aromatic rings. The van der Waals surface area contributed by atoms with Gasteiger partial charge in [0.05, 0.1) is 26.4 Å². The van der Waals surface area contributed by atoms with Crippen molar-refractivity contribution < 1.29 is 23.8 Å². The molecule has 0 aromatic heterocycles. The normalized spacial score (nSPS) is 23.8. The van der Waals surface area contributed by atoms with Gasteiger partial charge in [-0.15, -0.1) is 0 Å². The number of rotatable bonds is 7. The number of carbonyl (C=O) groups is 2. The van der Waals surface area contributed by atoms with Gasteiger partial charge in [0.15, 0.2) is 11.5 Å². The minimum absolute atomic E-state index is 0.0336. The van der Waals surface area contributed by atoms with Crippen molar-refractivity contribution in [2.75, 3.05) is 39.7 Å². The van der Waals surface area contributed by atoms with Crippen molar-refractivity contribution in [3.63, 3.8) is 0 Å². The van der Waals surface area contributed by atoms with Gasteiger partial charge in [-0.2, -0.15) is 0 Å². The first kappa shape index (κ1) is 24.9. The Labute approximate surface area is 206 Å². The van der Waals surface area contributed by atoms with Crippen LogP contribution >= 0.6 is 0 Å². The van der Waals surface area contributed by atoms with Crippen LogP contribution in [0, 0.1) is 0 Å². The molecular weight excluding hydrogens is 446 g/mol. The van der Waals surface area contributed by atoms with Crippen molar-refractivity contribution in [2.24, 2.45) is 0 Å². The van der Waals surface area contributed by atoms with E-state index >= 15 is 0 Å². The molecule has 4 rings (SSSR count). The molecule has 2 aliphatic rings. The molecule has 8 heteroatoms. The molecule has 8 nitrogen and oxygen atoms in total. The van der Waals surface area contributed by atoms with E-state index in [0.29, 0.717) is 23.9 Å². The van der Waals surface area contributed by atoms with Crippen molar-refractivity contribution in [1.82, 2.24) is 10.2 Å². The summed E-state index contributed by atoms with van der Waals surface area (Å²) in [6, 6.07) is 13.1. The van der Waals surface area contributed by atoms with E-state index in [0.717, 1.165) is 43.7 Å². The SMILES string of the molecule is CCOC(=O)c1ccc(NC(=O)NC2CCC3(c4ccc(OC)c(OC)c4)CCN(C)C3C2)cc1. The third kappa shape index (κ3) is 5.07. The van der Waals surface area contributed by atoms with Crippen LogP contribution in [-0.2, 0) is 10.2 Å². The molecule has 1 saturated heterocycles. The van der Waals surface area contributed by atoms with Crippen LogP contribution in [0.4, 0.5) is 10.5 Å². The van der Waals surface area contributed by atoms with Gasteiger partial charge in [-0.05, 0) is 88.2 Å². The van der Waals surface area contributed by atoms with Gasteiger partial charge in [0.1, 0.15) is 0 Å². The quantitative estimate of drug-likeness (QED) is 0.577. The second-order valence-corrected chi connectivity index (χ2v) is 9.34. The average molecular weight is 482 g/mol. The van der Waals surface area contributed by atoms with Crippen LogP contribution in [0.3, 0.4) is 0 Å². The number of ether oxygens (including phenoxy) is 3. The summed E-state index contributed by atoms with van der Waals surface area (Å²) in [6.45, 7) is 3.11. The highest BCUT2D eigenvalue weighted by Crippen LogP contribution is 2.49. The predicted molar refractivity (Wildman–Crippen MR) is 134 cm³/mol. The molecule has 2 aromatic carbocycles. The molecule has 1 aliphatic heterocycles. The van der Waals surface area contributed by atoms with E-state index in [1.54, 1.807) is 45.4 Å². The number of amides is 2. The summed E-state index contributed by atoms with van der Waals surface area (Å²) in [5, 5.41) is 6.04. The summed E-state index contributed by atoms with van der Waals surface area (Å²) in [6.07, 6.45) is 3.83. The van der Waals surface area contributed by atoms with Gasteiger partial charge < -0.3 is 29.7 Å². The summed E-state index contributed by atoms with van der Waals surface area (Å²) in [7, 11) is 5.49. The summed E-state index contributed by atoms with van der Waals surface area (Å²) in [5.74, 6) is 1.11. The fourth-order valence-corrected chi connectivity index (χ4v) is 5.65. The fourth-order valence-electron chi connectivity index (χ4n) is 5.65. The van der Waals surface area contributed by atoms with E-state index in [1.807, 2.05) is 6.07 Å². The average Bonchev–Trinajstić information content (AvgIpc) is 3.21. The monoisotopic (exact) mass is 481 g/mol. The Morgan fingerprint density at radius 3 is 2.49 bits per heavy atom. The molecule has 0 radical (unpaired) electrons. The van der Waals surface area contributed by atoms with Crippen molar-refractivity contribution in [3.05, 3.63) is 53.6 Å². The van der Waals surface area contributed by atoms with Crippen molar-refractivity contribution in [3.8, 4) is 11.5 Å². The lowest BCUT2D eigenvalue weighted by Gasteiger charge is -2.45. The lowest BCUT2D eigenvalue weighted by Crippen LogP contribution is -2.52. The number of urea groups is 1. The largest absolute Gasteiger partial charge is 0.493 e. The molecule has 0 bridgehead atoms. The molecule has 2 fully saturated rings. The first-order chi connectivity index (χ1) is 16.9. The second-order valence-electron chi connectivity index (χ2n) is 9.34. The summed E-state index contributed by atoms with van der Waals surface area (Å²) >= 11 is 0. The summed E-state index contributed by atoms with van der Waals surface area (Å²) in [4.78, 5) is 27.0. The van der Waals surface area contributed by atoms with Crippen LogP contribution < -0.4 is 20.1 Å². The van der Waals surface area contributed by atoms with Gasteiger partial charge in [-0.25, -0.2) is 9.59 Å². The Bertz CT molecular complexity index is 1060. The number of fused-ring (bicyclic) bond motifs is 1. The Hall–Kier alpha value is -3.26. The van der Waals surface area contributed by atoms with E-state index in [9.17, 15) is 9.59 Å². The lowest BCUT2D eigenvalue weighted by molar-refractivity contribution is 0.0526. The van der Waals surface area contributed by atoms with Gasteiger partial charge in [0, 0.05) is 23.2 Å². The van der Waals surface area contributed by atoms with E-state index < -0.39 is 0 Å². The van der Waals surface area contributed by atoms with Crippen molar-refractivity contribution in [1.29, 1.82) is 0 Å². The van der Waals surface area contributed by atoms with Crippen LogP contribution in [0.5, 0.6) is 11.5 Å². The first-order valence-corrected chi connectivity index (χ1v) is 12.2. The number of nitrogens with zero attached hydrogens (tertiary/aromatic N) is 1. The highest BCUT2D eigenvalue weighted by molar-refractivity contribution is 5.92. The fraction of sp³-hybridized carbons (Fsp3) is 0.481. The van der Waals surface area contributed by atoms with E-state index in [4.69, 9.17) is 14.2 Å². The highest BCUT2D eigenvalue weighted by atomic mass is 16.5. The molecule has 188 valence electrons. The second kappa shape index (κ2) is 10.6. The van der Waals surface area contributed by atoms with Crippen LogP contribution in [-0.4, -0.2) is 63.4 Å². The molecular formula is C27H35N3O5. The molecule has 1 saturated carbocycles. The van der Waals surface area contributed by atoms with Gasteiger partial charge in [-0.3, -0.25) is 0 Å². The minimum atomic E-state index is -0.371. The molecule has 3 atom stereocenters. The number of carbonyl (C=O) groups excluding carboxylic acids is 2. The van der Waals surface area contributed by atoms with Gasteiger partial charge in [0.25, 0.3) is 0 Å². The van der Waals surface area contributed by atoms with E-state index in [-0.39, 0.29) is 23.5 Å². The van der Waals surface area contributed by atoms with E-state index in [2.05, 4.69) is 34.7 Å². The summed E-state index contributed by atoms with van der Waals surface area (Å²) in [5.41, 5.74) is 2.39. The zero-order chi connectivity index (χ0) is 25.0. The van der Waals surface area contributed by atoms with Crippen LogP contribution in [0.2, 0.25) is 0 Å². The molecule has 3 unspecified atom stereocenters. The minimum Gasteiger partial charge on any atom is -0.493 e. The number of likely N-dealkylation sites (N-methyl/N-ethyl adjacent to an activating group) is 1. The Kier molecular flexibility index (Phi) is 7.50. The number of nitrogens with one attached hydrogen (secondary N) is 2. The first-order valence-electron chi connectivity index (χ1n) is 12.2. The molecule has 2 N–H and O–H groups in total. The Morgan fingerprint density at radius 2 is 1.80 bits per heavy atom. The van der Waals surface area contributed by atoms with Gasteiger partial charge in [-0.1, -0.05) is 6.07 Å². The van der Waals surface area contributed by atoms with Crippen molar-refractivity contribution >= 4 is 17.7 Å². The number of methoxy groups -OCH3 is 2. The lowest BCUT2D eigenvalue weighted by atomic mass is 9.65. The molecule has 2 amide bonds. The summed E-state index contributed by atoms with van der Waals surface area (Å²) < 4.78 is 16.0. The van der Waals surface area contributed by atoms with Gasteiger partial charge >= 0.3 is 12.0 Å². The maximum absolute atomic E-state index is 12.7. The van der Waals surface area contributed by atoms with Gasteiger partial charge in [0.2, 0.25) is 0 Å². The van der Waals surface area contributed by atoms with E-state index in [1.165, 1.54) is 5.56 Å². The third-order valence-corrected chi connectivity index (χ3v) is 7.47. The number of hydrogen-bond acceptors (Lipinski definition) is 6. The van der Waals surface area contributed by atoms with Crippen LogP contribution in [0.15, 0.2) is 42.5 Å². The zero-order valence-corrected chi connectivity index (χ0v) is 20.9. The highest BCUT2D eigenvalue weighted by Gasteiger charge is 2.50. The molecule has 35 heavy (non-hydrogen) atoms. The number of esters is 1. The number of likely N-dealkylation sites (tertiary alicyclic amines) is 1. The molecule has 0 spiro atoms. The maximum atomic E-state index is 12.7. The third-order valence-electron chi connectivity index (χ3n) is 7.47. The molecule has 1 aliphatic carbocycles. The van der Waals surface area contributed by atoms with Crippen LogP contribution in [0.25, 0.3) is 0 Å². The number of benzene rings is 2. The standard InChI is InChI=1S/C27H35N3O5/c1-5-35-25(31)18-6-9-20(10-7-18)28-26(32)29-21-12-13-27(14-15-30(2)24(27)17-21)19-8-11-22(33-3)23(16-19)34-4/h6-11,16,21,24H,5,12-15,17H2,1-4H3,(H2,28,29,32). The maximum Gasteiger partial charge on any atom is 0.338 e. The van der Waals surface area contributed by atoms with Crippen molar-refractivity contribution in [2.45, 2.75) is 50.1 Å². The van der Waals surface area contributed by atoms with Crippen LogP contribution in [0.1, 0.15) is 48.5 Å². The molecule has 1 heterocycles. The number of anilines is 1. The smallest absolute Gasteiger partial charge is 0.338 e. The Morgan fingerprint density at radius 1 is 1.06 bits per heavy atom.